The molecular weight excluding hydrogens is 224 g/mol. The highest BCUT2D eigenvalue weighted by Crippen LogP contribution is 2.12. The number of rotatable bonds is 11. The lowest BCUT2D eigenvalue weighted by molar-refractivity contribution is 0.415. The van der Waals surface area contributed by atoms with Gasteiger partial charge in [-0.25, -0.2) is 0 Å². The summed E-state index contributed by atoms with van der Waals surface area (Å²) in [6.45, 7) is 2.26. The van der Waals surface area contributed by atoms with Gasteiger partial charge >= 0.3 is 0 Å². The number of nitrogens with one attached hydrogen (secondary N) is 1. The van der Waals surface area contributed by atoms with Crippen molar-refractivity contribution < 1.29 is 4.42 Å². The van der Waals surface area contributed by atoms with Gasteiger partial charge in [0, 0.05) is 12.5 Å². The number of unbranched alkanes of at least 4 members (excludes halogenated alkanes) is 6. The normalized spacial score (nSPS) is 12.8. The number of hydrogen-bond acceptors (Lipinski definition) is 3. The molecule has 1 aromatic heterocycles. The Morgan fingerprint density at radius 3 is 2.50 bits per heavy atom. The summed E-state index contributed by atoms with van der Waals surface area (Å²) >= 11 is 0. The van der Waals surface area contributed by atoms with Gasteiger partial charge in [0.2, 0.25) is 0 Å². The topological polar surface area (TPSA) is 51.2 Å². The fourth-order valence-corrected chi connectivity index (χ4v) is 2.26. The Morgan fingerprint density at radius 1 is 1.17 bits per heavy atom. The average molecular weight is 252 g/mol. The fourth-order valence-electron chi connectivity index (χ4n) is 2.26. The highest BCUT2D eigenvalue weighted by atomic mass is 16.3. The summed E-state index contributed by atoms with van der Waals surface area (Å²) in [5.41, 5.74) is 2.89. The predicted octanol–water partition coefficient (Wildman–Crippen LogP) is 3.79. The van der Waals surface area contributed by atoms with Gasteiger partial charge in [-0.1, -0.05) is 51.9 Å². The van der Waals surface area contributed by atoms with E-state index in [1.54, 1.807) is 6.26 Å². The first-order chi connectivity index (χ1) is 8.86. The van der Waals surface area contributed by atoms with Gasteiger partial charge in [0.05, 0.1) is 6.26 Å². The van der Waals surface area contributed by atoms with Crippen LogP contribution in [0, 0.1) is 0 Å². The van der Waals surface area contributed by atoms with Gasteiger partial charge < -0.3 is 4.42 Å². The Hall–Kier alpha value is -0.800. The summed E-state index contributed by atoms with van der Waals surface area (Å²) in [5.74, 6) is 6.59. The smallest absolute Gasteiger partial charge is 0.105 e. The molecule has 0 aliphatic rings. The van der Waals surface area contributed by atoms with Crippen LogP contribution in [0.5, 0.6) is 0 Å². The Labute approximate surface area is 111 Å². The minimum atomic E-state index is 0.340. The van der Waals surface area contributed by atoms with E-state index in [1.807, 2.05) is 12.1 Å². The summed E-state index contributed by atoms with van der Waals surface area (Å²) < 4.78 is 5.34. The highest BCUT2D eigenvalue weighted by Gasteiger charge is 2.08. The number of hydrazine groups is 1. The summed E-state index contributed by atoms with van der Waals surface area (Å²) in [7, 11) is 0. The molecule has 0 saturated heterocycles. The van der Waals surface area contributed by atoms with Crippen LogP contribution in [0.2, 0.25) is 0 Å². The first-order valence-electron chi connectivity index (χ1n) is 7.35. The number of nitrogens with two attached hydrogens (primary N) is 1. The molecule has 0 aliphatic heterocycles. The maximum Gasteiger partial charge on any atom is 0.105 e. The molecule has 1 rings (SSSR count). The monoisotopic (exact) mass is 252 g/mol. The molecule has 1 heterocycles. The molecule has 0 bridgehead atoms. The van der Waals surface area contributed by atoms with Gasteiger partial charge in [-0.05, 0) is 18.6 Å². The predicted molar refractivity (Wildman–Crippen MR) is 76.1 cm³/mol. The lowest BCUT2D eigenvalue weighted by Gasteiger charge is -2.14. The van der Waals surface area contributed by atoms with Gasteiger partial charge in [-0.2, -0.15) is 0 Å². The van der Waals surface area contributed by atoms with Crippen LogP contribution in [0.4, 0.5) is 0 Å². The van der Waals surface area contributed by atoms with Crippen molar-refractivity contribution in [1.29, 1.82) is 0 Å². The molecule has 3 nitrogen and oxygen atoms in total. The second-order valence-corrected chi connectivity index (χ2v) is 5.06. The molecule has 3 N–H and O–H groups in total. The standard InChI is InChI=1S/C15H28N2O/c1-2-3-4-5-6-7-8-10-14(17-16)13-15-11-9-12-18-15/h9,11-12,14,17H,2-8,10,13,16H2,1H3. The van der Waals surface area contributed by atoms with E-state index in [2.05, 4.69) is 12.3 Å². The van der Waals surface area contributed by atoms with Crippen molar-refractivity contribution in [3.05, 3.63) is 24.2 Å². The van der Waals surface area contributed by atoms with E-state index in [0.29, 0.717) is 6.04 Å². The van der Waals surface area contributed by atoms with E-state index in [0.717, 1.165) is 18.6 Å². The maximum absolute atomic E-state index is 5.58. The van der Waals surface area contributed by atoms with E-state index < -0.39 is 0 Å². The molecule has 0 aromatic carbocycles. The lowest BCUT2D eigenvalue weighted by Crippen LogP contribution is -2.36. The van der Waals surface area contributed by atoms with Crippen molar-refractivity contribution >= 4 is 0 Å². The number of furan rings is 1. The van der Waals surface area contributed by atoms with Crippen molar-refractivity contribution in [1.82, 2.24) is 5.43 Å². The summed E-state index contributed by atoms with van der Waals surface area (Å²) in [5, 5.41) is 0. The first-order valence-corrected chi connectivity index (χ1v) is 7.35. The first kappa shape index (κ1) is 15.3. The molecule has 0 fully saturated rings. The van der Waals surface area contributed by atoms with Crippen LogP contribution in [0.15, 0.2) is 22.8 Å². The van der Waals surface area contributed by atoms with E-state index in [9.17, 15) is 0 Å². The average Bonchev–Trinajstić information content (AvgIpc) is 2.89. The van der Waals surface area contributed by atoms with Crippen LogP contribution >= 0.6 is 0 Å². The zero-order chi connectivity index (χ0) is 13.1. The zero-order valence-electron chi connectivity index (χ0n) is 11.7. The lowest BCUT2D eigenvalue weighted by atomic mass is 10.0. The maximum atomic E-state index is 5.58. The summed E-state index contributed by atoms with van der Waals surface area (Å²) in [6, 6.07) is 4.28. The third-order valence-corrected chi connectivity index (χ3v) is 3.42. The van der Waals surface area contributed by atoms with Crippen LogP contribution in [-0.4, -0.2) is 6.04 Å². The van der Waals surface area contributed by atoms with E-state index in [-0.39, 0.29) is 0 Å². The third kappa shape index (κ3) is 6.82. The molecule has 1 unspecified atom stereocenters. The Bertz CT molecular complexity index is 272. The van der Waals surface area contributed by atoms with Gasteiger partial charge in [0.1, 0.15) is 5.76 Å². The van der Waals surface area contributed by atoms with E-state index >= 15 is 0 Å². The van der Waals surface area contributed by atoms with Gasteiger partial charge in [-0.3, -0.25) is 11.3 Å². The fraction of sp³-hybridized carbons (Fsp3) is 0.733. The molecular formula is C15H28N2O. The van der Waals surface area contributed by atoms with Crippen LogP contribution in [-0.2, 0) is 6.42 Å². The second kappa shape index (κ2) is 10.2. The van der Waals surface area contributed by atoms with Gasteiger partial charge in [0.15, 0.2) is 0 Å². The van der Waals surface area contributed by atoms with Crippen molar-refractivity contribution in [3.8, 4) is 0 Å². The molecule has 1 aromatic rings. The van der Waals surface area contributed by atoms with Gasteiger partial charge in [0.25, 0.3) is 0 Å². The summed E-state index contributed by atoms with van der Waals surface area (Å²) in [4.78, 5) is 0. The Balaban J connectivity index is 2.01. The van der Waals surface area contributed by atoms with Crippen molar-refractivity contribution in [3.63, 3.8) is 0 Å². The molecule has 0 radical (unpaired) electrons. The van der Waals surface area contributed by atoms with Crippen LogP contribution < -0.4 is 11.3 Å². The van der Waals surface area contributed by atoms with E-state index in [4.69, 9.17) is 10.3 Å². The molecule has 104 valence electrons. The zero-order valence-corrected chi connectivity index (χ0v) is 11.7. The Kier molecular flexibility index (Phi) is 8.61. The van der Waals surface area contributed by atoms with Crippen LogP contribution in [0.1, 0.15) is 64.1 Å². The van der Waals surface area contributed by atoms with Crippen LogP contribution in [0.3, 0.4) is 0 Å². The second-order valence-electron chi connectivity index (χ2n) is 5.06. The van der Waals surface area contributed by atoms with Crippen molar-refractivity contribution in [2.45, 2.75) is 70.8 Å². The summed E-state index contributed by atoms with van der Waals surface area (Å²) in [6.07, 6.45) is 13.1. The number of hydrogen-bond donors (Lipinski definition) is 2. The molecule has 18 heavy (non-hydrogen) atoms. The molecule has 3 heteroatoms. The minimum Gasteiger partial charge on any atom is -0.469 e. The van der Waals surface area contributed by atoms with E-state index in [1.165, 1.54) is 44.9 Å². The van der Waals surface area contributed by atoms with Crippen molar-refractivity contribution in [2.75, 3.05) is 0 Å². The Morgan fingerprint density at radius 2 is 1.89 bits per heavy atom. The minimum absolute atomic E-state index is 0.340. The molecule has 0 amide bonds. The largest absolute Gasteiger partial charge is 0.469 e. The quantitative estimate of drug-likeness (QED) is 0.358. The molecule has 0 spiro atoms. The highest BCUT2D eigenvalue weighted by molar-refractivity contribution is 5.00. The van der Waals surface area contributed by atoms with Gasteiger partial charge in [-0.15, -0.1) is 0 Å². The van der Waals surface area contributed by atoms with Crippen LogP contribution in [0.25, 0.3) is 0 Å². The van der Waals surface area contributed by atoms with Crippen molar-refractivity contribution in [2.24, 2.45) is 5.84 Å². The molecule has 1 atom stereocenters. The third-order valence-electron chi connectivity index (χ3n) is 3.42. The molecule has 0 aliphatic carbocycles. The molecule has 0 saturated carbocycles. The SMILES string of the molecule is CCCCCCCCCC(Cc1ccco1)NN.